The van der Waals surface area contributed by atoms with E-state index in [1.54, 1.807) is 0 Å². The molecule has 136 valence electrons. The number of hydrogen-bond acceptors (Lipinski definition) is 3. The van der Waals surface area contributed by atoms with Crippen LogP contribution in [0.5, 0.6) is 0 Å². The van der Waals surface area contributed by atoms with Crippen LogP contribution in [0.2, 0.25) is 0 Å². The smallest absolute Gasteiger partial charge is 0.317 e. The maximum atomic E-state index is 12.6. The molecular weight excluding hydrogens is 306 g/mol. The Morgan fingerprint density at radius 3 is 2.71 bits per heavy atom. The molecule has 24 heavy (non-hydrogen) atoms. The fraction of sp³-hybridized carbons (Fsp3) is 0.889. The SMILES string of the molecule is CC(C)(C)OC1CC(NC(=O)N2CCCC3(CCC(=O)NC3)C2)C1. The number of nitrogens with zero attached hydrogens (tertiary/aromatic N) is 1. The highest BCUT2D eigenvalue weighted by molar-refractivity contribution is 5.77. The predicted molar refractivity (Wildman–Crippen MR) is 91.7 cm³/mol. The van der Waals surface area contributed by atoms with Crippen LogP contribution in [0.1, 0.15) is 59.3 Å². The van der Waals surface area contributed by atoms with Crippen LogP contribution in [0, 0.1) is 5.41 Å². The van der Waals surface area contributed by atoms with E-state index < -0.39 is 0 Å². The van der Waals surface area contributed by atoms with E-state index in [0.717, 1.165) is 45.2 Å². The van der Waals surface area contributed by atoms with Crippen LogP contribution < -0.4 is 10.6 Å². The lowest BCUT2D eigenvalue weighted by Gasteiger charge is -2.46. The summed E-state index contributed by atoms with van der Waals surface area (Å²) in [6, 6.07) is 0.277. The Morgan fingerprint density at radius 2 is 2.08 bits per heavy atom. The summed E-state index contributed by atoms with van der Waals surface area (Å²) in [5.74, 6) is 0.140. The first-order valence-electron chi connectivity index (χ1n) is 9.25. The first kappa shape index (κ1) is 17.5. The summed E-state index contributed by atoms with van der Waals surface area (Å²) in [4.78, 5) is 25.9. The quantitative estimate of drug-likeness (QED) is 0.810. The Hall–Kier alpha value is -1.30. The molecule has 2 saturated heterocycles. The van der Waals surface area contributed by atoms with Gasteiger partial charge in [-0.15, -0.1) is 0 Å². The third-order valence-electron chi connectivity index (χ3n) is 5.43. The van der Waals surface area contributed by atoms with E-state index >= 15 is 0 Å². The number of urea groups is 1. The molecule has 0 bridgehead atoms. The van der Waals surface area contributed by atoms with E-state index in [0.29, 0.717) is 13.0 Å². The number of hydrogen-bond donors (Lipinski definition) is 2. The number of rotatable bonds is 2. The van der Waals surface area contributed by atoms with Gasteiger partial charge in [0.1, 0.15) is 0 Å². The zero-order valence-electron chi connectivity index (χ0n) is 15.2. The molecule has 1 spiro atoms. The van der Waals surface area contributed by atoms with E-state index in [4.69, 9.17) is 4.74 Å². The molecular formula is C18H31N3O3. The number of ether oxygens (including phenoxy) is 1. The fourth-order valence-electron chi connectivity index (χ4n) is 4.12. The van der Waals surface area contributed by atoms with Crippen molar-refractivity contribution in [3.63, 3.8) is 0 Å². The van der Waals surface area contributed by atoms with Gasteiger partial charge in [0, 0.05) is 37.5 Å². The summed E-state index contributed by atoms with van der Waals surface area (Å²) < 4.78 is 5.93. The molecule has 3 fully saturated rings. The van der Waals surface area contributed by atoms with Crippen LogP contribution in [-0.4, -0.2) is 54.2 Å². The molecule has 6 heteroatoms. The van der Waals surface area contributed by atoms with Gasteiger partial charge in [0.25, 0.3) is 0 Å². The fourth-order valence-corrected chi connectivity index (χ4v) is 4.12. The Balaban J connectivity index is 1.45. The molecule has 1 unspecified atom stereocenters. The van der Waals surface area contributed by atoms with Gasteiger partial charge >= 0.3 is 6.03 Å². The van der Waals surface area contributed by atoms with Crippen LogP contribution in [0.4, 0.5) is 4.79 Å². The Morgan fingerprint density at radius 1 is 1.33 bits per heavy atom. The van der Waals surface area contributed by atoms with E-state index in [1.165, 1.54) is 0 Å². The van der Waals surface area contributed by atoms with Gasteiger partial charge in [-0.25, -0.2) is 4.79 Å². The highest BCUT2D eigenvalue weighted by Gasteiger charge is 2.41. The molecule has 0 aromatic heterocycles. The first-order chi connectivity index (χ1) is 11.2. The minimum atomic E-state index is -0.121. The van der Waals surface area contributed by atoms with E-state index in [-0.39, 0.29) is 35.1 Å². The van der Waals surface area contributed by atoms with Crippen LogP contribution in [0.25, 0.3) is 0 Å². The number of carbonyl (C=O) groups excluding carboxylic acids is 2. The first-order valence-corrected chi connectivity index (χ1v) is 9.25. The number of carbonyl (C=O) groups is 2. The summed E-state index contributed by atoms with van der Waals surface area (Å²) in [6.07, 6.45) is 5.66. The molecule has 3 rings (SSSR count). The standard InChI is InChI=1S/C18H31N3O3/c1-17(2,3)24-14-9-13(10-14)20-16(23)21-8-4-6-18(12-21)7-5-15(22)19-11-18/h13-14H,4-12H2,1-3H3,(H,19,22)(H,20,23). The topological polar surface area (TPSA) is 70.7 Å². The van der Waals surface area contributed by atoms with Gasteiger partial charge in [0.2, 0.25) is 5.91 Å². The van der Waals surface area contributed by atoms with Gasteiger partial charge in [-0.1, -0.05) is 0 Å². The van der Waals surface area contributed by atoms with Crippen molar-refractivity contribution in [3.8, 4) is 0 Å². The molecule has 2 N–H and O–H groups in total. The molecule has 1 atom stereocenters. The lowest BCUT2D eigenvalue weighted by Crippen LogP contribution is -2.58. The molecule has 3 aliphatic rings. The van der Waals surface area contributed by atoms with Crippen LogP contribution in [0.3, 0.4) is 0 Å². The monoisotopic (exact) mass is 337 g/mol. The minimum absolute atomic E-state index is 0.0465. The summed E-state index contributed by atoms with van der Waals surface area (Å²) in [5, 5.41) is 6.13. The van der Waals surface area contributed by atoms with Crippen LogP contribution in [0.15, 0.2) is 0 Å². The second-order valence-electron chi connectivity index (χ2n) is 8.77. The lowest BCUT2D eigenvalue weighted by atomic mass is 9.74. The normalized spacial score (nSPS) is 33.8. The Bertz CT molecular complexity index is 484. The third-order valence-corrected chi connectivity index (χ3v) is 5.43. The van der Waals surface area contributed by atoms with Gasteiger partial charge in [-0.2, -0.15) is 0 Å². The van der Waals surface area contributed by atoms with Crippen molar-refractivity contribution >= 4 is 11.9 Å². The van der Waals surface area contributed by atoms with Crippen molar-refractivity contribution < 1.29 is 14.3 Å². The number of likely N-dealkylation sites (tertiary alicyclic amines) is 1. The van der Waals surface area contributed by atoms with Crippen molar-refractivity contribution in [2.24, 2.45) is 5.41 Å². The maximum absolute atomic E-state index is 12.6. The van der Waals surface area contributed by atoms with Crippen LogP contribution >= 0.6 is 0 Å². The van der Waals surface area contributed by atoms with Gasteiger partial charge in [-0.05, 0) is 52.9 Å². The van der Waals surface area contributed by atoms with Gasteiger partial charge < -0.3 is 20.3 Å². The van der Waals surface area contributed by atoms with Crippen LogP contribution in [-0.2, 0) is 9.53 Å². The molecule has 1 saturated carbocycles. The molecule has 6 nitrogen and oxygen atoms in total. The number of amides is 3. The second-order valence-corrected chi connectivity index (χ2v) is 8.77. The minimum Gasteiger partial charge on any atom is -0.372 e. The second kappa shape index (κ2) is 6.54. The van der Waals surface area contributed by atoms with E-state index in [2.05, 4.69) is 31.4 Å². The average Bonchev–Trinajstić information content (AvgIpc) is 2.47. The zero-order chi connectivity index (χ0) is 17.4. The molecule has 1 aliphatic carbocycles. The Labute approximate surface area is 144 Å². The molecule has 0 radical (unpaired) electrons. The lowest BCUT2D eigenvalue weighted by molar-refractivity contribution is -0.125. The summed E-state index contributed by atoms with van der Waals surface area (Å²) in [7, 11) is 0. The number of nitrogens with one attached hydrogen (secondary N) is 2. The van der Waals surface area contributed by atoms with Crippen molar-refractivity contribution in [2.45, 2.75) is 77.0 Å². The predicted octanol–water partition coefficient (Wildman–Crippen LogP) is 2.03. The highest BCUT2D eigenvalue weighted by atomic mass is 16.5. The average molecular weight is 337 g/mol. The van der Waals surface area contributed by atoms with Gasteiger partial charge in [-0.3, -0.25) is 4.79 Å². The van der Waals surface area contributed by atoms with E-state index in [1.807, 2.05) is 4.90 Å². The van der Waals surface area contributed by atoms with Crippen molar-refractivity contribution in [3.05, 3.63) is 0 Å². The third kappa shape index (κ3) is 4.21. The zero-order valence-corrected chi connectivity index (χ0v) is 15.2. The van der Waals surface area contributed by atoms with E-state index in [9.17, 15) is 9.59 Å². The molecule has 3 amide bonds. The molecule has 0 aromatic rings. The molecule has 0 aromatic carbocycles. The largest absolute Gasteiger partial charge is 0.372 e. The summed E-state index contributed by atoms with van der Waals surface area (Å²) in [5.41, 5.74) is -0.0364. The van der Waals surface area contributed by atoms with Crippen molar-refractivity contribution in [1.82, 2.24) is 15.5 Å². The highest BCUT2D eigenvalue weighted by Crippen LogP contribution is 2.36. The summed E-state index contributed by atoms with van der Waals surface area (Å²) in [6.45, 7) is 8.48. The number of piperidine rings is 2. The Kier molecular flexibility index (Phi) is 4.78. The van der Waals surface area contributed by atoms with Gasteiger partial charge in [0.15, 0.2) is 0 Å². The maximum Gasteiger partial charge on any atom is 0.317 e. The van der Waals surface area contributed by atoms with Crippen molar-refractivity contribution in [2.75, 3.05) is 19.6 Å². The molecule has 2 heterocycles. The summed E-state index contributed by atoms with van der Waals surface area (Å²) >= 11 is 0. The van der Waals surface area contributed by atoms with Crippen molar-refractivity contribution in [1.29, 1.82) is 0 Å². The van der Waals surface area contributed by atoms with Gasteiger partial charge in [0.05, 0.1) is 11.7 Å². The molecule has 2 aliphatic heterocycles.